The van der Waals surface area contributed by atoms with E-state index in [-0.39, 0.29) is 5.97 Å². The second-order valence-electron chi connectivity index (χ2n) is 5.14. The highest BCUT2D eigenvalue weighted by atomic mass is 16.5. The number of aromatic nitrogens is 2. The van der Waals surface area contributed by atoms with Crippen LogP contribution in [0.3, 0.4) is 0 Å². The first-order chi connectivity index (χ1) is 9.52. The number of pyridine rings is 1. The Hall–Kier alpha value is -2.36. The summed E-state index contributed by atoms with van der Waals surface area (Å²) in [7, 11) is 1.40. The highest BCUT2D eigenvalue weighted by Gasteiger charge is 2.17. The average molecular weight is 268 g/mol. The number of rotatable bonds is 1. The van der Waals surface area contributed by atoms with Gasteiger partial charge in [-0.1, -0.05) is 0 Å². The van der Waals surface area contributed by atoms with Crippen molar-refractivity contribution in [2.45, 2.75) is 20.8 Å². The van der Waals surface area contributed by atoms with E-state index in [4.69, 9.17) is 4.74 Å². The summed E-state index contributed by atoms with van der Waals surface area (Å²) in [6.45, 7) is 5.95. The van der Waals surface area contributed by atoms with Gasteiger partial charge < -0.3 is 9.72 Å². The van der Waals surface area contributed by atoms with Crippen LogP contribution >= 0.6 is 0 Å². The van der Waals surface area contributed by atoms with Crippen LogP contribution in [-0.4, -0.2) is 23.0 Å². The molecule has 0 atom stereocenters. The molecule has 0 amide bonds. The highest BCUT2D eigenvalue weighted by Crippen LogP contribution is 2.32. The van der Waals surface area contributed by atoms with Crippen LogP contribution in [0.15, 0.2) is 18.3 Å². The fraction of sp³-hybridized carbons (Fsp3) is 0.250. The van der Waals surface area contributed by atoms with E-state index in [1.165, 1.54) is 7.11 Å². The van der Waals surface area contributed by atoms with E-state index >= 15 is 0 Å². The number of methoxy groups -OCH3 is 1. The van der Waals surface area contributed by atoms with E-state index in [0.29, 0.717) is 5.56 Å². The zero-order chi connectivity index (χ0) is 14.4. The van der Waals surface area contributed by atoms with Gasteiger partial charge in [-0.05, 0) is 49.6 Å². The summed E-state index contributed by atoms with van der Waals surface area (Å²) in [6.07, 6.45) is 1.84. The summed E-state index contributed by atoms with van der Waals surface area (Å²) in [4.78, 5) is 19.6. The number of hydrogen-bond acceptors (Lipinski definition) is 3. The Bertz CT molecular complexity index is 847. The molecular formula is C16H16N2O2. The molecule has 0 fully saturated rings. The Morgan fingerprint density at radius 1 is 1.25 bits per heavy atom. The second-order valence-corrected chi connectivity index (χ2v) is 5.14. The normalized spacial score (nSPS) is 11.2. The lowest BCUT2D eigenvalue weighted by atomic mass is 9.99. The molecule has 0 aliphatic carbocycles. The maximum Gasteiger partial charge on any atom is 0.338 e. The van der Waals surface area contributed by atoms with Crippen molar-refractivity contribution in [3.05, 3.63) is 40.6 Å². The number of aryl methyl sites for hydroxylation is 3. The molecule has 20 heavy (non-hydrogen) atoms. The maximum atomic E-state index is 11.8. The first kappa shape index (κ1) is 12.7. The van der Waals surface area contributed by atoms with Crippen LogP contribution in [0.2, 0.25) is 0 Å². The molecule has 1 N–H and O–H groups in total. The first-order valence-electron chi connectivity index (χ1n) is 6.49. The van der Waals surface area contributed by atoms with Gasteiger partial charge in [0.25, 0.3) is 0 Å². The smallest absolute Gasteiger partial charge is 0.338 e. The van der Waals surface area contributed by atoms with Gasteiger partial charge >= 0.3 is 5.97 Å². The molecule has 0 aliphatic heterocycles. The van der Waals surface area contributed by atoms with Crippen LogP contribution in [0.1, 0.15) is 27.0 Å². The number of benzene rings is 1. The Labute approximate surface area is 116 Å². The number of ether oxygens (including phenoxy) is 1. The third-order valence-corrected chi connectivity index (χ3v) is 3.73. The summed E-state index contributed by atoms with van der Waals surface area (Å²) in [5.41, 5.74) is 5.46. The molecule has 1 aromatic carbocycles. The lowest BCUT2D eigenvalue weighted by molar-refractivity contribution is 0.0600. The summed E-state index contributed by atoms with van der Waals surface area (Å²) in [5, 5.41) is 2.22. The van der Waals surface area contributed by atoms with E-state index in [2.05, 4.69) is 16.0 Å². The van der Waals surface area contributed by atoms with Crippen LogP contribution < -0.4 is 0 Å². The van der Waals surface area contributed by atoms with Crippen molar-refractivity contribution in [2.24, 2.45) is 0 Å². The monoisotopic (exact) mass is 268 g/mol. The van der Waals surface area contributed by atoms with E-state index in [1.807, 2.05) is 33.0 Å². The maximum absolute atomic E-state index is 11.8. The van der Waals surface area contributed by atoms with E-state index < -0.39 is 0 Å². The predicted octanol–water partition coefficient (Wildman–Crippen LogP) is 3.43. The third-order valence-electron chi connectivity index (χ3n) is 3.73. The van der Waals surface area contributed by atoms with Gasteiger partial charge in [0, 0.05) is 17.0 Å². The van der Waals surface area contributed by atoms with Gasteiger partial charge in [0.05, 0.1) is 18.2 Å². The first-order valence-corrected chi connectivity index (χ1v) is 6.49. The summed E-state index contributed by atoms with van der Waals surface area (Å²) < 4.78 is 4.85. The van der Waals surface area contributed by atoms with Crippen LogP contribution in [0.5, 0.6) is 0 Å². The zero-order valence-corrected chi connectivity index (χ0v) is 12.0. The molecule has 0 saturated heterocycles. The molecule has 4 heteroatoms. The minimum atomic E-state index is -0.310. The number of carbonyl (C=O) groups is 1. The van der Waals surface area contributed by atoms with E-state index in [0.717, 1.165) is 38.6 Å². The summed E-state index contributed by atoms with van der Waals surface area (Å²) in [6, 6.07) is 4.00. The Balaban J connectivity index is 2.46. The quantitative estimate of drug-likeness (QED) is 0.688. The Morgan fingerprint density at radius 3 is 2.70 bits per heavy atom. The van der Waals surface area contributed by atoms with Crippen molar-refractivity contribution in [3.63, 3.8) is 0 Å². The molecule has 102 valence electrons. The fourth-order valence-electron chi connectivity index (χ4n) is 2.72. The number of fused-ring (bicyclic) bond motifs is 3. The average Bonchev–Trinajstić information content (AvgIpc) is 2.81. The fourth-order valence-corrected chi connectivity index (χ4v) is 2.72. The molecule has 0 spiro atoms. The van der Waals surface area contributed by atoms with Gasteiger partial charge in [-0.25, -0.2) is 9.78 Å². The van der Waals surface area contributed by atoms with Gasteiger partial charge in [-0.2, -0.15) is 0 Å². The largest absolute Gasteiger partial charge is 0.465 e. The number of H-pyrrole nitrogens is 1. The van der Waals surface area contributed by atoms with E-state index in [9.17, 15) is 4.79 Å². The van der Waals surface area contributed by atoms with Gasteiger partial charge in [0.2, 0.25) is 0 Å². The van der Waals surface area contributed by atoms with Crippen molar-refractivity contribution >= 4 is 27.9 Å². The molecule has 0 bridgehead atoms. The van der Waals surface area contributed by atoms with Crippen molar-refractivity contribution in [1.29, 1.82) is 0 Å². The van der Waals surface area contributed by atoms with Gasteiger partial charge in [-0.3, -0.25) is 0 Å². The molecule has 0 aliphatic rings. The predicted molar refractivity (Wildman–Crippen MR) is 79.2 cm³/mol. The summed E-state index contributed by atoms with van der Waals surface area (Å²) in [5.74, 6) is -0.310. The molecule has 3 rings (SSSR count). The number of carbonyl (C=O) groups excluding carboxylic acids is 1. The number of nitrogens with zero attached hydrogens (tertiary/aromatic N) is 1. The Morgan fingerprint density at radius 2 is 2.00 bits per heavy atom. The highest BCUT2D eigenvalue weighted by molar-refractivity contribution is 6.11. The molecule has 2 heterocycles. The zero-order valence-electron chi connectivity index (χ0n) is 12.0. The van der Waals surface area contributed by atoms with Crippen LogP contribution in [0, 0.1) is 20.8 Å². The molecule has 0 saturated carbocycles. The molecule has 0 unspecified atom stereocenters. The van der Waals surface area contributed by atoms with Gasteiger partial charge in [0.1, 0.15) is 5.65 Å². The van der Waals surface area contributed by atoms with Crippen molar-refractivity contribution in [3.8, 4) is 0 Å². The van der Waals surface area contributed by atoms with Crippen molar-refractivity contribution in [2.75, 3.05) is 7.11 Å². The molecule has 0 radical (unpaired) electrons. The van der Waals surface area contributed by atoms with Crippen molar-refractivity contribution < 1.29 is 9.53 Å². The minimum absolute atomic E-state index is 0.310. The third kappa shape index (κ3) is 1.68. The number of nitrogens with one attached hydrogen (secondary N) is 1. The molecule has 4 nitrogen and oxygen atoms in total. The van der Waals surface area contributed by atoms with Crippen LogP contribution in [-0.2, 0) is 4.74 Å². The Kier molecular flexibility index (Phi) is 2.74. The van der Waals surface area contributed by atoms with Crippen LogP contribution in [0.4, 0.5) is 0 Å². The lowest BCUT2D eigenvalue weighted by Gasteiger charge is -2.07. The van der Waals surface area contributed by atoms with Crippen LogP contribution in [0.25, 0.3) is 21.9 Å². The van der Waals surface area contributed by atoms with Gasteiger partial charge in [-0.15, -0.1) is 0 Å². The van der Waals surface area contributed by atoms with Crippen molar-refractivity contribution in [1.82, 2.24) is 9.97 Å². The standard InChI is InChI=1S/C16H16N2O2/c1-8-5-12-13-9(2)6-11(16(19)20-4)10(3)14(13)18-15(12)17-7-8/h5-7H,1-4H3,(H,17,18). The number of hydrogen-bond donors (Lipinski definition) is 1. The number of esters is 1. The van der Waals surface area contributed by atoms with Gasteiger partial charge in [0.15, 0.2) is 0 Å². The number of aromatic amines is 1. The minimum Gasteiger partial charge on any atom is -0.465 e. The molecular weight excluding hydrogens is 252 g/mol. The molecule has 3 aromatic rings. The van der Waals surface area contributed by atoms with E-state index in [1.54, 1.807) is 0 Å². The topological polar surface area (TPSA) is 55.0 Å². The summed E-state index contributed by atoms with van der Waals surface area (Å²) >= 11 is 0. The second kappa shape index (κ2) is 4.34. The SMILES string of the molecule is COC(=O)c1cc(C)c2c([nH]c3ncc(C)cc32)c1C. The lowest BCUT2D eigenvalue weighted by Crippen LogP contribution is -2.04. The molecule has 2 aromatic heterocycles.